The van der Waals surface area contributed by atoms with Crippen LogP contribution in [0.3, 0.4) is 0 Å². The second-order valence-corrected chi connectivity index (χ2v) is 7.41. The van der Waals surface area contributed by atoms with Gasteiger partial charge in [-0.25, -0.2) is 4.39 Å². The van der Waals surface area contributed by atoms with Gasteiger partial charge >= 0.3 is 0 Å². The van der Waals surface area contributed by atoms with E-state index in [9.17, 15) is 14.4 Å². The molecule has 0 aromatic heterocycles. The molecule has 2 aromatic rings. The summed E-state index contributed by atoms with van der Waals surface area (Å²) in [7, 11) is 1.50. The Hall–Kier alpha value is -2.60. The summed E-state index contributed by atoms with van der Waals surface area (Å²) in [5, 5.41) is 12.0. The maximum atomic E-state index is 13.3. The Morgan fingerprint density at radius 2 is 2.11 bits per heavy atom. The number of ether oxygens (including phenoxy) is 2. The summed E-state index contributed by atoms with van der Waals surface area (Å²) >= 11 is 2.09. The van der Waals surface area contributed by atoms with E-state index in [1.807, 2.05) is 19.9 Å². The van der Waals surface area contributed by atoms with E-state index in [1.165, 1.54) is 25.3 Å². The second-order valence-electron chi connectivity index (χ2n) is 6.25. The number of hydrogen-bond donors (Lipinski definition) is 1. The van der Waals surface area contributed by atoms with Gasteiger partial charge in [0, 0.05) is 6.04 Å². The molecule has 0 aliphatic carbocycles. The zero-order valence-electron chi connectivity index (χ0n) is 15.8. The Bertz CT molecular complexity index is 936. The van der Waals surface area contributed by atoms with Gasteiger partial charge in [-0.1, -0.05) is 12.1 Å². The molecule has 0 radical (unpaired) electrons. The van der Waals surface area contributed by atoms with E-state index < -0.39 is 5.91 Å². The number of nitrogens with one attached hydrogen (secondary N) is 1. The van der Waals surface area contributed by atoms with Gasteiger partial charge in [0.05, 0.1) is 10.7 Å². The largest absolute Gasteiger partial charge is 0.493 e. The van der Waals surface area contributed by atoms with Crippen molar-refractivity contribution < 1.29 is 18.7 Å². The van der Waals surface area contributed by atoms with Crippen molar-refractivity contribution in [2.45, 2.75) is 26.5 Å². The summed E-state index contributed by atoms with van der Waals surface area (Å²) in [6.45, 7) is 3.83. The molecular weight excluding hydrogens is 474 g/mol. The van der Waals surface area contributed by atoms with E-state index in [1.54, 1.807) is 24.3 Å². The van der Waals surface area contributed by atoms with Crippen molar-refractivity contribution in [1.82, 2.24) is 5.32 Å². The number of rotatable bonds is 7. The Labute approximate surface area is 177 Å². The number of carbonyl (C=O) groups is 1. The van der Waals surface area contributed by atoms with E-state index in [-0.39, 0.29) is 24.0 Å². The first-order chi connectivity index (χ1) is 13.3. The third-order valence-corrected chi connectivity index (χ3v) is 4.42. The maximum absolute atomic E-state index is 13.3. The summed E-state index contributed by atoms with van der Waals surface area (Å²) in [5.41, 5.74) is 1.33. The smallest absolute Gasteiger partial charge is 0.262 e. The predicted octanol–water partition coefficient (Wildman–Crippen LogP) is 4.45. The Morgan fingerprint density at radius 1 is 1.36 bits per heavy atom. The van der Waals surface area contributed by atoms with Crippen LogP contribution < -0.4 is 14.8 Å². The number of nitriles is 1. The van der Waals surface area contributed by atoms with Crippen LogP contribution in [0.1, 0.15) is 25.0 Å². The van der Waals surface area contributed by atoms with Crippen LogP contribution in [0.4, 0.5) is 4.39 Å². The van der Waals surface area contributed by atoms with Crippen LogP contribution in [0.5, 0.6) is 11.5 Å². The summed E-state index contributed by atoms with van der Waals surface area (Å²) in [6, 6.07) is 11.5. The Kier molecular flexibility index (Phi) is 7.81. The molecule has 0 aliphatic heterocycles. The zero-order valence-corrected chi connectivity index (χ0v) is 17.9. The van der Waals surface area contributed by atoms with Crippen molar-refractivity contribution in [3.05, 3.63) is 62.5 Å². The monoisotopic (exact) mass is 494 g/mol. The zero-order chi connectivity index (χ0) is 20.7. The van der Waals surface area contributed by atoms with Gasteiger partial charge in [0.1, 0.15) is 24.1 Å². The SMILES string of the molecule is COc1cc(/C=C(/C#N)C(=O)NC(C)C)cc(I)c1OCc1cccc(F)c1. The molecule has 0 heterocycles. The van der Waals surface area contributed by atoms with Gasteiger partial charge < -0.3 is 14.8 Å². The molecule has 0 saturated heterocycles. The van der Waals surface area contributed by atoms with Crippen molar-refractivity contribution in [2.75, 3.05) is 7.11 Å². The normalized spacial score (nSPS) is 11.1. The molecule has 7 heteroatoms. The summed E-state index contributed by atoms with van der Waals surface area (Å²) in [6.07, 6.45) is 1.50. The number of nitrogens with zero attached hydrogens (tertiary/aromatic N) is 1. The highest BCUT2D eigenvalue weighted by Crippen LogP contribution is 2.35. The molecule has 0 unspecified atom stereocenters. The van der Waals surface area contributed by atoms with Crippen LogP contribution in [0.25, 0.3) is 6.08 Å². The number of amides is 1. The minimum absolute atomic E-state index is 0.0000165. The van der Waals surface area contributed by atoms with Gasteiger partial charge in [-0.15, -0.1) is 0 Å². The minimum Gasteiger partial charge on any atom is -0.493 e. The van der Waals surface area contributed by atoms with Crippen LogP contribution in [-0.2, 0) is 11.4 Å². The highest BCUT2D eigenvalue weighted by atomic mass is 127. The molecule has 0 bridgehead atoms. The number of carbonyl (C=O) groups excluding carboxylic acids is 1. The van der Waals surface area contributed by atoms with Crippen LogP contribution in [0.15, 0.2) is 42.0 Å². The Morgan fingerprint density at radius 3 is 2.71 bits per heavy atom. The molecule has 146 valence electrons. The summed E-state index contributed by atoms with van der Waals surface area (Å²) < 4.78 is 25.3. The lowest BCUT2D eigenvalue weighted by molar-refractivity contribution is -0.117. The quantitative estimate of drug-likeness (QED) is 0.351. The van der Waals surface area contributed by atoms with Crippen molar-refractivity contribution in [2.24, 2.45) is 0 Å². The molecule has 5 nitrogen and oxygen atoms in total. The highest BCUT2D eigenvalue weighted by molar-refractivity contribution is 14.1. The number of benzene rings is 2. The standard InChI is InChI=1S/C21H20FIN2O3/c1-13(2)25-21(26)16(11-24)7-15-9-18(23)20(19(10-15)27-3)28-12-14-5-4-6-17(22)8-14/h4-10,13H,12H2,1-3H3,(H,25,26)/b16-7-. The molecule has 0 fully saturated rings. The first-order valence-corrected chi connectivity index (χ1v) is 9.59. The molecule has 0 atom stereocenters. The van der Waals surface area contributed by atoms with E-state index in [0.717, 1.165) is 3.57 Å². The van der Waals surface area contributed by atoms with E-state index in [2.05, 4.69) is 27.9 Å². The third-order valence-electron chi connectivity index (χ3n) is 3.62. The molecule has 28 heavy (non-hydrogen) atoms. The van der Waals surface area contributed by atoms with Crippen molar-refractivity contribution in [1.29, 1.82) is 5.26 Å². The molecule has 0 spiro atoms. The lowest BCUT2D eigenvalue weighted by Crippen LogP contribution is -2.30. The first-order valence-electron chi connectivity index (χ1n) is 8.51. The second kappa shape index (κ2) is 10.1. The average molecular weight is 494 g/mol. The molecular formula is C21H20FIN2O3. The molecule has 0 aliphatic rings. The molecule has 0 saturated carbocycles. The van der Waals surface area contributed by atoms with Gasteiger partial charge in [0.2, 0.25) is 0 Å². The predicted molar refractivity (Wildman–Crippen MR) is 113 cm³/mol. The minimum atomic E-state index is -0.432. The van der Waals surface area contributed by atoms with Crippen molar-refractivity contribution in [3.8, 4) is 17.6 Å². The van der Waals surface area contributed by atoms with E-state index in [0.29, 0.717) is 22.6 Å². The third kappa shape index (κ3) is 5.96. The van der Waals surface area contributed by atoms with E-state index >= 15 is 0 Å². The fourth-order valence-electron chi connectivity index (χ4n) is 2.40. The molecule has 2 rings (SSSR count). The average Bonchev–Trinajstić information content (AvgIpc) is 2.64. The van der Waals surface area contributed by atoms with Crippen LogP contribution in [-0.4, -0.2) is 19.1 Å². The summed E-state index contributed by atoms with van der Waals surface area (Å²) in [4.78, 5) is 12.1. The van der Waals surface area contributed by atoms with Crippen LogP contribution in [0, 0.1) is 20.7 Å². The van der Waals surface area contributed by atoms with Crippen molar-refractivity contribution >= 4 is 34.6 Å². The first kappa shape index (κ1) is 21.7. The molecule has 1 amide bonds. The fourth-order valence-corrected chi connectivity index (χ4v) is 3.18. The van der Waals surface area contributed by atoms with Crippen molar-refractivity contribution in [3.63, 3.8) is 0 Å². The van der Waals surface area contributed by atoms with Gasteiger partial charge in [-0.05, 0) is 77.9 Å². The van der Waals surface area contributed by atoms with Crippen LogP contribution >= 0.6 is 22.6 Å². The van der Waals surface area contributed by atoms with Gasteiger partial charge in [-0.3, -0.25) is 4.79 Å². The van der Waals surface area contributed by atoms with Gasteiger partial charge in [0.25, 0.3) is 5.91 Å². The molecule has 2 aromatic carbocycles. The highest BCUT2D eigenvalue weighted by Gasteiger charge is 2.14. The van der Waals surface area contributed by atoms with E-state index in [4.69, 9.17) is 9.47 Å². The topological polar surface area (TPSA) is 71.3 Å². The number of methoxy groups -OCH3 is 1. The molecule has 1 N–H and O–H groups in total. The van der Waals surface area contributed by atoms with Crippen LogP contribution in [0.2, 0.25) is 0 Å². The lowest BCUT2D eigenvalue weighted by atomic mass is 10.1. The van der Waals surface area contributed by atoms with Gasteiger partial charge in [-0.2, -0.15) is 5.26 Å². The maximum Gasteiger partial charge on any atom is 0.262 e. The fraction of sp³-hybridized carbons (Fsp3) is 0.238. The summed E-state index contributed by atoms with van der Waals surface area (Å²) in [5.74, 6) is 0.204. The van der Waals surface area contributed by atoms with Gasteiger partial charge in [0.15, 0.2) is 11.5 Å². The Balaban J connectivity index is 2.28. The number of hydrogen-bond acceptors (Lipinski definition) is 4. The number of halogens is 2. The lowest BCUT2D eigenvalue weighted by Gasteiger charge is -2.14.